The number of nitrogens with zero attached hydrogens (tertiary/aromatic N) is 1. The molecule has 1 aliphatic rings. The molecule has 0 atom stereocenters. The molecule has 2 N–H and O–H groups in total. The van der Waals surface area contributed by atoms with Crippen molar-refractivity contribution in [3.8, 4) is 0 Å². The molecule has 0 aliphatic heterocycles. The summed E-state index contributed by atoms with van der Waals surface area (Å²) in [5, 5.41) is 0.0942. The Balaban J connectivity index is 2.23. The van der Waals surface area contributed by atoms with E-state index in [4.69, 9.17) is 5.73 Å². The van der Waals surface area contributed by atoms with Gasteiger partial charge in [0.2, 0.25) is 0 Å². The normalized spacial score (nSPS) is 16.6. The minimum absolute atomic E-state index is 0.0527. The molecule has 1 aliphatic carbocycles. The number of anilines is 1. The van der Waals surface area contributed by atoms with Gasteiger partial charge in [-0.15, -0.1) is 0 Å². The van der Waals surface area contributed by atoms with Crippen LogP contribution in [0.15, 0.2) is 18.2 Å². The van der Waals surface area contributed by atoms with Crippen LogP contribution in [0.4, 0.5) is 14.5 Å². The monoisotopic (exact) mass is 248 g/mol. The zero-order chi connectivity index (χ0) is 12.7. The van der Waals surface area contributed by atoms with E-state index in [0.717, 1.165) is 43.5 Å². The second-order valence-corrected chi connectivity index (χ2v) is 4.87. The van der Waals surface area contributed by atoms with Gasteiger partial charge in [0, 0.05) is 17.3 Å². The number of rotatable bonds is 1. The number of aromatic nitrogens is 1. The summed E-state index contributed by atoms with van der Waals surface area (Å²) in [4.78, 5) is 4.28. The van der Waals surface area contributed by atoms with E-state index < -0.39 is 11.6 Å². The van der Waals surface area contributed by atoms with Gasteiger partial charge >= 0.3 is 0 Å². The van der Waals surface area contributed by atoms with Crippen LogP contribution in [0.5, 0.6) is 0 Å². The lowest BCUT2D eigenvalue weighted by Gasteiger charge is -2.12. The Hall–Kier alpha value is -1.71. The van der Waals surface area contributed by atoms with Gasteiger partial charge in [-0.2, -0.15) is 0 Å². The number of pyridine rings is 1. The summed E-state index contributed by atoms with van der Waals surface area (Å²) in [6.07, 6.45) is 4.43. The summed E-state index contributed by atoms with van der Waals surface area (Å²) in [6, 6.07) is 3.88. The summed E-state index contributed by atoms with van der Waals surface area (Å²) >= 11 is 0. The maximum absolute atomic E-state index is 13.7. The van der Waals surface area contributed by atoms with Gasteiger partial charge in [0.25, 0.3) is 0 Å². The Labute approximate surface area is 104 Å². The highest BCUT2D eigenvalue weighted by atomic mass is 19.1. The third-order valence-corrected chi connectivity index (χ3v) is 3.68. The fourth-order valence-corrected chi connectivity index (χ4v) is 2.75. The molecule has 0 unspecified atom stereocenters. The minimum atomic E-state index is -0.519. The first-order valence-electron chi connectivity index (χ1n) is 6.21. The van der Waals surface area contributed by atoms with Crippen LogP contribution in [0.25, 0.3) is 10.9 Å². The van der Waals surface area contributed by atoms with E-state index in [1.807, 2.05) is 0 Å². The molecule has 2 aromatic rings. The van der Waals surface area contributed by atoms with Crippen LogP contribution < -0.4 is 5.73 Å². The van der Waals surface area contributed by atoms with E-state index in [0.29, 0.717) is 5.92 Å². The minimum Gasteiger partial charge on any atom is -0.398 e. The first-order valence-corrected chi connectivity index (χ1v) is 6.21. The van der Waals surface area contributed by atoms with Crippen LogP contribution in [0.1, 0.15) is 37.3 Å². The highest BCUT2D eigenvalue weighted by Gasteiger charge is 2.21. The third kappa shape index (κ3) is 1.72. The van der Waals surface area contributed by atoms with Crippen LogP contribution in [0, 0.1) is 11.6 Å². The van der Waals surface area contributed by atoms with Crippen LogP contribution in [-0.2, 0) is 0 Å². The Morgan fingerprint density at radius 3 is 2.50 bits per heavy atom. The predicted molar refractivity (Wildman–Crippen MR) is 67.3 cm³/mol. The second kappa shape index (κ2) is 4.19. The van der Waals surface area contributed by atoms with Crippen LogP contribution in [0.2, 0.25) is 0 Å². The van der Waals surface area contributed by atoms with E-state index >= 15 is 0 Å². The molecule has 1 saturated carbocycles. The van der Waals surface area contributed by atoms with E-state index in [9.17, 15) is 8.78 Å². The Morgan fingerprint density at radius 1 is 1.11 bits per heavy atom. The van der Waals surface area contributed by atoms with Crippen LogP contribution >= 0.6 is 0 Å². The molecule has 1 fully saturated rings. The first-order chi connectivity index (χ1) is 8.66. The topological polar surface area (TPSA) is 38.9 Å². The standard InChI is InChI=1S/C14H14F2N2/c15-9-5-6-10(16)14-13(9)11(17)7-12(18-14)8-3-1-2-4-8/h5-8H,1-4H2,(H2,17,18). The summed E-state index contributed by atoms with van der Waals surface area (Å²) in [5.41, 5.74) is 6.97. The van der Waals surface area contributed by atoms with Gasteiger partial charge in [-0.05, 0) is 31.0 Å². The molecule has 0 bridgehead atoms. The molecule has 3 rings (SSSR count). The molecule has 0 saturated heterocycles. The number of fused-ring (bicyclic) bond motifs is 1. The van der Waals surface area contributed by atoms with Crippen LogP contribution in [-0.4, -0.2) is 4.98 Å². The fourth-order valence-electron chi connectivity index (χ4n) is 2.75. The average Bonchev–Trinajstić information content (AvgIpc) is 2.87. The van der Waals surface area contributed by atoms with Crippen molar-refractivity contribution in [3.63, 3.8) is 0 Å². The molecule has 1 aromatic carbocycles. The lowest BCUT2D eigenvalue weighted by molar-refractivity contribution is 0.613. The molecule has 4 heteroatoms. The van der Waals surface area contributed by atoms with Gasteiger partial charge in [0.1, 0.15) is 17.2 Å². The lowest BCUT2D eigenvalue weighted by Crippen LogP contribution is -2.02. The molecular formula is C14H14F2N2. The second-order valence-electron chi connectivity index (χ2n) is 4.87. The molecule has 0 spiro atoms. The quantitative estimate of drug-likeness (QED) is 0.834. The van der Waals surface area contributed by atoms with Crippen molar-refractivity contribution in [1.82, 2.24) is 4.98 Å². The third-order valence-electron chi connectivity index (χ3n) is 3.68. The van der Waals surface area contributed by atoms with E-state index in [1.165, 1.54) is 0 Å². The molecule has 1 aromatic heterocycles. The number of nitrogens with two attached hydrogens (primary N) is 1. The van der Waals surface area contributed by atoms with Crippen molar-refractivity contribution in [2.24, 2.45) is 0 Å². The van der Waals surface area contributed by atoms with E-state index in [-0.39, 0.29) is 16.6 Å². The van der Waals surface area contributed by atoms with Crippen molar-refractivity contribution < 1.29 is 8.78 Å². The smallest absolute Gasteiger partial charge is 0.149 e. The largest absolute Gasteiger partial charge is 0.398 e. The van der Waals surface area contributed by atoms with Crippen molar-refractivity contribution in [2.45, 2.75) is 31.6 Å². The highest BCUT2D eigenvalue weighted by Crippen LogP contribution is 2.36. The van der Waals surface area contributed by atoms with Crippen molar-refractivity contribution in [2.75, 3.05) is 5.73 Å². The Kier molecular flexibility index (Phi) is 2.65. The zero-order valence-corrected chi connectivity index (χ0v) is 9.92. The molecule has 2 nitrogen and oxygen atoms in total. The number of halogens is 2. The van der Waals surface area contributed by atoms with Crippen molar-refractivity contribution in [3.05, 3.63) is 35.5 Å². The molecule has 94 valence electrons. The molecule has 18 heavy (non-hydrogen) atoms. The maximum atomic E-state index is 13.7. The summed E-state index contributed by atoms with van der Waals surface area (Å²) in [5.74, 6) is -0.702. The number of benzene rings is 1. The van der Waals surface area contributed by atoms with Crippen LogP contribution in [0.3, 0.4) is 0 Å². The van der Waals surface area contributed by atoms with Gasteiger partial charge in [-0.1, -0.05) is 12.8 Å². The number of hydrogen-bond acceptors (Lipinski definition) is 2. The van der Waals surface area contributed by atoms with E-state index in [1.54, 1.807) is 6.07 Å². The van der Waals surface area contributed by atoms with Gasteiger partial charge in [0.05, 0.1) is 5.39 Å². The van der Waals surface area contributed by atoms with Gasteiger partial charge in [-0.3, -0.25) is 0 Å². The Bertz CT molecular complexity index is 604. The summed E-state index contributed by atoms with van der Waals surface area (Å²) < 4.78 is 27.4. The maximum Gasteiger partial charge on any atom is 0.149 e. The predicted octanol–water partition coefficient (Wildman–Crippen LogP) is 3.75. The van der Waals surface area contributed by atoms with Gasteiger partial charge in [-0.25, -0.2) is 13.8 Å². The van der Waals surface area contributed by atoms with Gasteiger partial charge in [0.15, 0.2) is 0 Å². The molecular weight excluding hydrogens is 234 g/mol. The Morgan fingerprint density at radius 2 is 1.78 bits per heavy atom. The number of nitrogen functional groups attached to an aromatic ring is 1. The number of hydrogen-bond donors (Lipinski definition) is 1. The fraction of sp³-hybridized carbons (Fsp3) is 0.357. The average molecular weight is 248 g/mol. The van der Waals surface area contributed by atoms with E-state index in [2.05, 4.69) is 4.98 Å². The molecule has 0 amide bonds. The van der Waals surface area contributed by atoms with Crippen molar-refractivity contribution in [1.29, 1.82) is 0 Å². The SMILES string of the molecule is Nc1cc(C2CCCC2)nc2c(F)ccc(F)c12. The lowest BCUT2D eigenvalue weighted by atomic mass is 10.0. The highest BCUT2D eigenvalue weighted by molar-refractivity contribution is 5.91. The molecule has 0 radical (unpaired) electrons. The first kappa shape index (κ1) is 11.4. The summed E-state index contributed by atoms with van der Waals surface area (Å²) in [7, 11) is 0. The zero-order valence-electron chi connectivity index (χ0n) is 9.92. The molecule has 1 heterocycles. The van der Waals surface area contributed by atoms with Gasteiger partial charge < -0.3 is 5.73 Å². The summed E-state index contributed by atoms with van der Waals surface area (Å²) in [6.45, 7) is 0. The van der Waals surface area contributed by atoms with Crippen molar-refractivity contribution >= 4 is 16.6 Å².